The molecule has 0 saturated heterocycles. The van der Waals surface area contributed by atoms with E-state index in [9.17, 15) is 9.59 Å². The van der Waals surface area contributed by atoms with Crippen LogP contribution in [0.4, 0.5) is 0 Å². The number of rotatable bonds is 7. The van der Waals surface area contributed by atoms with E-state index in [-0.39, 0.29) is 23.0 Å². The van der Waals surface area contributed by atoms with Crippen molar-refractivity contribution < 1.29 is 38.4 Å². The fraction of sp³-hybridized carbons (Fsp3) is 0.238. The van der Waals surface area contributed by atoms with Crippen molar-refractivity contribution in [1.82, 2.24) is 0 Å². The van der Waals surface area contributed by atoms with E-state index in [1.54, 1.807) is 18.2 Å². The molecule has 152 valence electrons. The Balaban J connectivity index is 1.93. The molecule has 3 rings (SSSR count). The summed E-state index contributed by atoms with van der Waals surface area (Å²) in [4.78, 5) is 23.6. The Kier molecular flexibility index (Phi) is 5.63. The molecule has 1 unspecified atom stereocenters. The molecule has 0 saturated carbocycles. The topological polar surface area (TPSA) is 101 Å². The highest BCUT2D eigenvalue weighted by atomic mass is 16.5. The first kappa shape index (κ1) is 20.1. The maximum atomic E-state index is 12.7. The Morgan fingerprint density at radius 1 is 1.03 bits per heavy atom. The van der Waals surface area contributed by atoms with Gasteiger partial charge in [0.15, 0.2) is 23.4 Å². The molecule has 0 aliphatic carbocycles. The van der Waals surface area contributed by atoms with E-state index in [4.69, 9.17) is 28.8 Å². The lowest BCUT2D eigenvalue weighted by Gasteiger charge is -2.12. The molecule has 0 radical (unpaired) electrons. The molecular formula is C21H20O8. The summed E-state index contributed by atoms with van der Waals surface area (Å²) in [5.41, 5.74) is 0.920. The molecule has 2 aromatic carbocycles. The van der Waals surface area contributed by atoms with Crippen molar-refractivity contribution in [2.75, 3.05) is 21.3 Å². The number of ether oxygens (including phenoxy) is 5. The molecule has 1 N–H and O–H groups in total. The predicted molar refractivity (Wildman–Crippen MR) is 103 cm³/mol. The van der Waals surface area contributed by atoms with Gasteiger partial charge in [-0.3, -0.25) is 4.79 Å². The number of aliphatic carboxylic acids is 1. The van der Waals surface area contributed by atoms with Crippen molar-refractivity contribution in [2.24, 2.45) is 0 Å². The highest BCUT2D eigenvalue weighted by molar-refractivity contribution is 6.14. The van der Waals surface area contributed by atoms with E-state index >= 15 is 0 Å². The number of methoxy groups -OCH3 is 3. The van der Waals surface area contributed by atoms with Gasteiger partial charge in [-0.05, 0) is 31.2 Å². The summed E-state index contributed by atoms with van der Waals surface area (Å²) in [5.74, 6) is 0.700. The number of carbonyl (C=O) groups excluding carboxylic acids is 1. The number of hydrogen-bond acceptors (Lipinski definition) is 7. The fourth-order valence-electron chi connectivity index (χ4n) is 2.80. The summed E-state index contributed by atoms with van der Waals surface area (Å²) in [6.07, 6.45) is 0.514. The highest BCUT2D eigenvalue weighted by Crippen LogP contribution is 2.39. The summed E-state index contributed by atoms with van der Waals surface area (Å²) in [6, 6.07) is 7.87. The third-order valence-electron chi connectivity index (χ3n) is 4.32. The van der Waals surface area contributed by atoms with Crippen LogP contribution in [0.15, 0.2) is 36.1 Å². The average molecular weight is 400 g/mol. The second kappa shape index (κ2) is 8.14. The summed E-state index contributed by atoms with van der Waals surface area (Å²) in [5, 5.41) is 8.96. The maximum Gasteiger partial charge on any atom is 0.344 e. The molecule has 8 nitrogen and oxygen atoms in total. The van der Waals surface area contributed by atoms with Gasteiger partial charge in [-0.1, -0.05) is 0 Å². The number of Topliss-reactive ketones (excluding diaryl/α,β-unsaturated/α-hetero) is 1. The molecule has 29 heavy (non-hydrogen) atoms. The van der Waals surface area contributed by atoms with Crippen molar-refractivity contribution in [1.29, 1.82) is 0 Å². The minimum absolute atomic E-state index is 0.0916. The van der Waals surface area contributed by atoms with Gasteiger partial charge in [0, 0.05) is 17.7 Å². The van der Waals surface area contributed by atoms with Crippen molar-refractivity contribution in [3.05, 3.63) is 47.2 Å². The predicted octanol–water partition coefficient (Wildman–Crippen LogP) is 3.18. The molecule has 1 atom stereocenters. The zero-order valence-corrected chi connectivity index (χ0v) is 16.3. The minimum Gasteiger partial charge on any atom is -0.496 e. The first-order valence-electron chi connectivity index (χ1n) is 8.65. The number of fused-ring (bicyclic) bond motifs is 1. The van der Waals surface area contributed by atoms with Crippen molar-refractivity contribution in [3.8, 4) is 28.7 Å². The van der Waals surface area contributed by atoms with Gasteiger partial charge < -0.3 is 28.8 Å². The van der Waals surface area contributed by atoms with Crippen LogP contribution in [0.25, 0.3) is 6.08 Å². The Labute approximate surface area is 167 Å². The normalized spacial score (nSPS) is 14.8. The number of carbonyl (C=O) groups is 2. The zero-order valence-electron chi connectivity index (χ0n) is 16.3. The molecule has 2 aromatic rings. The summed E-state index contributed by atoms with van der Waals surface area (Å²) in [6.45, 7) is 1.41. The van der Waals surface area contributed by atoms with Crippen molar-refractivity contribution in [2.45, 2.75) is 13.0 Å². The lowest BCUT2D eigenvalue weighted by Crippen LogP contribution is -2.22. The smallest absolute Gasteiger partial charge is 0.344 e. The second-order valence-electron chi connectivity index (χ2n) is 6.15. The van der Waals surface area contributed by atoms with Gasteiger partial charge in [-0.2, -0.15) is 0 Å². The zero-order chi connectivity index (χ0) is 21.1. The van der Waals surface area contributed by atoms with E-state index in [0.29, 0.717) is 28.4 Å². The van der Waals surface area contributed by atoms with Crippen molar-refractivity contribution in [3.63, 3.8) is 0 Å². The summed E-state index contributed by atoms with van der Waals surface area (Å²) >= 11 is 0. The molecule has 0 amide bonds. The van der Waals surface area contributed by atoms with Gasteiger partial charge >= 0.3 is 5.97 Å². The first-order valence-corrected chi connectivity index (χ1v) is 8.65. The molecule has 0 spiro atoms. The molecule has 1 aliphatic heterocycles. The van der Waals surface area contributed by atoms with Gasteiger partial charge in [0.05, 0.1) is 26.9 Å². The summed E-state index contributed by atoms with van der Waals surface area (Å²) < 4.78 is 26.9. The number of hydrogen-bond donors (Lipinski definition) is 1. The number of benzene rings is 2. The Morgan fingerprint density at radius 3 is 2.31 bits per heavy atom. The highest BCUT2D eigenvalue weighted by Gasteiger charge is 2.29. The third kappa shape index (κ3) is 3.96. The number of carboxylic acids is 1. The van der Waals surface area contributed by atoms with Crippen LogP contribution < -0.4 is 23.7 Å². The number of carboxylic acid groups (broad SMARTS) is 1. The summed E-state index contributed by atoms with van der Waals surface area (Å²) in [7, 11) is 4.52. The van der Waals surface area contributed by atoms with Crippen LogP contribution in [0.5, 0.6) is 28.7 Å². The Bertz CT molecular complexity index is 992. The van der Waals surface area contributed by atoms with Gasteiger partial charge in [-0.25, -0.2) is 4.79 Å². The quantitative estimate of drug-likeness (QED) is 0.708. The van der Waals surface area contributed by atoms with E-state index in [1.807, 2.05) is 0 Å². The lowest BCUT2D eigenvalue weighted by molar-refractivity contribution is -0.144. The fourth-order valence-corrected chi connectivity index (χ4v) is 2.80. The number of allylic oxidation sites excluding steroid dienone is 1. The average Bonchev–Trinajstić information content (AvgIpc) is 3.02. The van der Waals surface area contributed by atoms with E-state index in [0.717, 1.165) is 0 Å². The van der Waals surface area contributed by atoms with Crippen LogP contribution in [-0.4, -0.2) is 44.3 Å². The number of ketones is 1. The molecule has 1 heterocycles. The molecule has 1 aliphatic rings. The van der Waals surface area contributed by atoms with Crippen LogP contribution in [0, 0.1) is 0 Å². The van der Waals surface area contributed by atoms with Crippen LogP contribution in [0.3, 0.4) is 0 Å². The lowest BCUT2D eigenvalue weighted by atomic mass is 10.1. The molecule has 0 aromatic heterocycles. The molecular weight excluding hydrogens is 380 g/mol. The monoisotopic (exact) mass is 400 g/mol. The van der Waals surface area contributed by atoms with Crippen LogP contribution in [0.1, 0.15) is 22.8 Å². The van der Waals surface area contributed by atoms with Crippen LogP contribution in [-0.2, 0) is 4.79 Å². The van der Waals surface area contributed by atoms with Crippen LogP contribution >= 0.6 is 0 Å². The third-order valence-corrected chi connectivity index (χ3v) is 4.32. The largest absolute Gasteiger partial charge is 0.496 e. The van der Waals surface area contributed by atoms with E-state index in [2.05, 4.69) is 0 Å². The molecule has 0 fully saturated rings. The molecule has 0 bridgehead atoms. The Morgan fingerprint density at radius 2 is 1.69 bits per heavy atom. The SMILES string of the molecule is COc1cc(OC)c(OC)cc1C=C1Oc2cc(OC(C)C(=O)O)ccc2C1=O. The molecule has 8 heteroatoms. The van der Waals surface area contributed by atoms with Gasteiger partial charge in [-0.15, -0.1) is 0 Å². The van der Waals surface area contributed by atoms with Gasteiger partial charge in [0.25, 0.3) is 0 Å². The van der Waals surface area contributed by atoms with E-state index in [1.165, 1.54) is 46.5 Å². The minimum atomic E-state index is -1.09. The maximum absolute atomic E-state index is 12.7. The van der Waals surface area contributed by atoms with Gasteiger partial charge in [0.2, 0.25) is 5.78 Å². The van der Waals surface area contributed by atoms with Crippen molar-refractivity contribution >= 4 is 17.8 Å². The Hall–Kier alpha value is -3.68. The van der Waals surface area contributed by atoms with E-state index < -0.39 is 12.1 Å². The second-order valence-corrected chi connectivity index (χ2v) is 6.15. The van der Waals surface area contributed by atoms with Crippen LogP contribution in [0.2, 0.25) is 0 Å². The van der Waals surface area contributed by atoms with Gasteiger partial charge in [0.1, 0.15) is 17.2 Å². The first-order chi connectivity index (χ1) is 13.9. The standard InChI is InChI=1S/C21H20O8/c1-11(21(23)24)28-13-5-6-14-16(9-13)29-19(20(14)22)8-12-7-17(26-3)18(27-4)10-15(12)25-2/h5-11H,1-4H3,(H,23,24).